The van der Waals surface area contributed by atoms with Crippen molar-refractivity contribution in [1.29, 1.82) is 0 Å². The van der Waals surface area contributed by atoms with E-state index in [2.05, 4.69) is 25.6 Å². The second-order valence-electron chi connectivity index (χ2n) is 5.85. The van der Waals surface area contributed by atoms with Crippen LogP contribution in [0.1, 0.15) is 48.5 Å². The average Bonchev–Trinajstić information content (AvgIpc) is 2.92. The van der Waals surface area contributed by atoms with Crippen molar-refractivity contribution in [3.63, 3.8) is 0 Å². The number of hydrogen-bond acceptors (Lipinski definition) is 4. The van der Waals surface area contributed by atoms with Gasteiger partial charge in [-0.2, -0.15) is 5.10 Å². The molecule has 0 saturated carbocycles. The number of aryl methyl sites for hydroxylation is 2. The number of hydrogen-bond donors (Lipinski definition) is 2. The van der Waals surface area contributed by atoms with E-state index >= 15 is 0 Å². The van der Waals surface area contributed by atoms with Crippen molar-refractivity contribution in [2.75, 3.05) is 0 Å². The van der Waals surface area contributed by atoms with Gasteiger partial charge in [-0.3, -0.25) is 14.6 Å². The smallest absolute Gasteiger partial charge is 0.291 e. The number of amides is 1. The third-order valence-electron chi connectivity index (χ3n) is 2.95. The zero-order chi connectivity index (χ0) is 14.9. The quantitative estimate of drug-likeness (QED) is 0.877. The maximum absolute atomic E-state index is 12.0. The Kier molecular flexibility index (Phi) is 3.61. The molecule has 7 nitrogen and oxygen atoms in total. The summed E-state index contributed by atoms with van der Waals surface area (Å²) in [5, 5.41) is 13.8. The number of nitrogens with one attached hydrogen (secondary N) is 2. The van der Waals surface area contributed by atoms with Gasteiger partial charge >= 0.3 is 0 Å². The summed E-state index contributed by atoms with van der Waals surface area (Å²) in [6.45, 7) is 8.35. The average molecular weight is 276 g/mol. The molecule has 0 aliphatic carbocycles. The summed E-state index contributed by atoms with van der Waals surface area (Å²) in [4.78, 5) is 16.2. The summed E-state index contributed by atoms with van der Waals surface area (Å²) >= 11 is 0. The first-order valence-electron chi connectivity index (χ1n) is 6.47. The molecule has 2 heterocycles. The monoisotopic (exact) mass is 276 g/mol. The third kappa shape index (κ3) is 3.04. The fraction of sp³-hybridized carbons (Fsp3) is 0.538. The molecular weight excluding hydrogens is 256 g/mol. The van der Waals surface area contributed by atoms with Crippen molar-refractivity contribution in [2.24, 2.45) is 7.05 Å². The molecule has 0 saturated heterocycles. The highest BCUT2D eigenvalue weighted by Crippen LogP contribution is 2.17. The van der Waals surface area contributed by atoms with E-state index in [1.54, 1.807) is 4.68 Å². The Bertz CT molecular complexity index is 619. The number of carbonyl (C=O) groups is 1. The van der Waals surface area contributed by atoms with Crippen LogP contribution in [-0.2, 0) is 19.0 Å². The van der Waals surface area contributed by atoms with E-state index in [1.165, 1.54) is 0 Å². The summed E-state index contributed by atoms with van der Waals surface area (Å²) in [5.41, 5.74) is 1.72. The van der Waals surface area contributed by atoms with Crippen LogP contribution in [0, 0.1) is 6.92 Å². The summed E-state index contributed by atoms with van der Waals surface area (Å²) in [6, 6.07) is 0. The van der Waals surface area contributed by atoms with Gasteiger partial charge in [0.05, 0.1) is 5.69 Å². The molecule has 0 radical (unpaired) electrons. The van der Waals surface area contributed by atoms with Crippen LogP contribution in [0.2, 0.25) is 0 Å². The second-order valence-corrected chi connectivity index (χ2v) is 5.85. The molecule has 2 N–H and O–H groups in total. The maximum atomic E-state index is 12.0. The summed E-state index contributed by atoms with van der Waals surface area (Å²) in [5.74, 6) is 0.566. The Labute approximate surface area is 117 Å². The van der Waals surface area contributed by atoms with Gasteiger partial charge in [0.25, 0.3) is 5.91 Å². The fourth-order valence-electron chi connectivity index (χ4n) is 1.78. The molecular formula is C13H20N6O. The van der Waals surface area contributed by atoms with Crippen molar-refractivity contribution in [3.8, 4) is 0 Å². The predicted octanol–water partition coefficient (Wildman–Crippen LogP) is 1.07. The Morgan fingerprint density at radius 3 is 2.65 bits per heavy atom. The molecule has 1 amide bonds. The van der Waals surface area contributed by atoms with E-state index in [9.17, 15) is 4.79 Å². The van der Waals surface area contributed by atoms with Crippen molar-refractivity contribution in [2.45, 2.75) is 39.7 Å². The van der Waals surface area contributed by atoms with E-state index in [-0.39, 0.29) is 17.1 Å². The van der Waals surface area contributed by atoms with Crippen molar-refractivity contribution in [3.05, 3.63) is 29.1 Å². The largest absolute Gasteiger partial charge is 0.345 e. The van der Waals surface area contributed by atoms with E-state index in [0.717, 1.165) is 11.3 Å². The molecule has 108 valence electrons. The lowest BCUT2D eigenvalue weighted by Gasteiger charge is -2.12. The zero-order valence-electron chi connectivity index (χ0n) is 12.5. The maximum Gasteiger partial charge on any atom is 0.291 e. The van der Waals surface area contributed by atoms with Crippen LogP contribution in [0.4, 0.5) is 0 Å². The number of aromatic amines is 1. The van der Waals surface area contributed by atoms with Crippen LogP contribution >= 0.6 is 0 Å². The molecule has 0 aliphatic heterocycles. The fourth-order valence-corrected chi connectivity index (χ4v) is 1.78. The predicted molar refractivity (Wildman–Crippen MR) is 74.2 cm³/mol. The third-order valence-corrected chi connectivity index (χ3v) is 2.95. The Morgan fingerprint density at radius 1 is 1.45 bits per heavy atom. The number of carbonyl (C=O) groups excluding carboxylic acids is 1. The normalized spacial score (nSPS) is 11.7. The molecule has 7 heteroatoms. The molecule has 0 aliphatic rings. The molecule has 2 rings (SSSR count). The molecule has 2 aromatic heterocycles. The van der Waals surface area contributed by atoms with E-state index in [4.69, 9.17) is 0 Å². The summed E-state index contributed by atoms with van der Waals surface area (Å²) in [7, 11) is 1.85. The number of H-pyrrole nitrogens is 1. The lowest BCUT2D eigenvalue weighted by Crippen LogP contribution is -2.24. The SMILES string of the molecule is Cc1nn(C)cc1CNC(=O)c1n[nH]c(C(C)(C)C)n1. The minimum absolute atomic E-state index is 0.161. The van der Waals surface area contributed by atoms with Crippen LogP contribution in [-0.4, -0.2) is 30.9 Å². The van der Waals surface area contributed by atoms with Gasteiger partial charge in [0, 0.05) is 30.8 Å². The van der Waals surface area contributed by atoms with Crippen LogP contribution < -0.4 is 5.32 Å². The van der Waals surface area contributed by atoms with E-state index < -0.39 is 0 Å². The van der Waals surface area contributed by atoms with Crippen LogP contribution in [0.15, 0.2) is 6.20 Å². The Hall–Kier alpha value is -2.18. The van der Waals surface area contributed by atoms with E-state index in [0.29, 0.717) is 12.4 Å². The van der Waals surface area contributed by atoms with Gasteiger partial charge in [-0.05, 0) is 6.92 Å². The van der Waals surface area contributed by atoms with Gasteiger partial charge in [0.2, 0.25) is 5.82 Å². The van der Waals surface area contributed by atoms with Gasteiger partial charge in [0.15, 0.2) is 0 Å². The van der Waals surface area contributed by atoms with E-state index in [1.807, 2.05) is 40.9 Å². The summed E-state index contributed by atoms with van der Waals surface area (Å²) in [6.07, 6.45) is 1.88. The molecule has 0 unspecified atom stereocenters. The first-order valence-corrected chi connectivity index (χ1v) is 6.47. The highest BCUT2D eigenvalue weighted by atomic mass is 16.2. The van der Waals surface area contributed by atoms with Gasteiger partial charge in [-0.1, -0.05) is 20.8 Å². The first-order chi connectivity index (χ1) is 9.27. The van der Waals surface area contributed by atoms with Gasteiger partial charge < -0.3 is 5.32 Å². The number of rotatable bonds is 3. The molecule has 0 atom stereocenters. The molecule has 0 spiro atoms. The van der Waals surface area contributed by atoms with Gasteiger partial charge in [-0.15, -0.1) is 5.10 Å². The zero-order valence-corrected chi connectivity index (χ0v) is 12.5. The number of aromatic nitrogens is 5. The van der Waals surface area contributed by atoms with Crippen LogP contribution in [0.5, 0.6) is 0 Å². The molecule has 0 aromatic carbocycles. The molecule has 20 heavy (non-hydrogen) atoms. The topological polar surface area (TPSA) is 88.5 Å². The lowest BCUT2D eigenvalue weighted by atomic mass is 9.96. The summed E-state index contributed by atoms with van der Waals surface area (Å²) < 4.78 is 1.72. The molecule has 0 fully saturated rings. The lowest BCUT2D eigenvalue weighted by molar-refractivity contribution is 0.0941. The highest BCUT2D eigenvalue weighted by molar-refractivity contribution is 5.90. The second kappa shape index (κ2) is 5.07. The Morgan fingerprint density at radius 2 is 2.15 bits per heavy atom. The first kappa shape index (κ1) is 14.2. The van der Waals surface area contributed by atoms with Crippen LogP contribution in [0.25, 0.3) is 0 Å². The molecule has 2 aromatic rings. The van der Waals surface area contributed by atoms with Crippen molar-refractivity contribution in [1.82, 2.24) is 30.3 Å². The minimum Gasteiger partial charge on any atom is -0.345 e. The highest BCUT2D eigenvalue weighted by Gasteiger charge is 2.21. The van der Waals surface area contributed by atoms with Crippen molar-refractivity contribution < 1.29 is 4.79 Å². The van der Waals surface area contributed by atoms with Crippen molar-refractivity contribution >= 4 is 5.91 Å². The minimum atomic E-state index is -0.292. The van der Waals surface area contributed by atoms with Gasteiger partial charge in [0.1, 0.15) is 5.82 Å². The standard InChI is InChI=1S/C13H20N6O/c1-8-9(7-19(5)18-8)6-14-11(20)10-15-12(17-16-10)13(2,3)4/h7H,6H2,1-5H3,(H,14,20)(H,15,16,17). The number of nitrogens with zero attached hydrogens (tertiary/aromatic N) is 4. The molecule has 0 bridgehead atoms. The Balaban J connectivity index is 2.02. The van der Waals surface area contributed by atoms with Crippen LogP contribution in [0.3, 0.4) is 0 Å². The van der Waals surface area contributed by atoms with Gasteiger partial charge in [-0.25, -0.2) is 4.98 Å².